The molecule has 8 heteroatoms. The highest BCUT2D eigenvalue weighted by atomic mass is 16.5. The number of alkyl carbamates (subject to hydrolysis) is 1. The van der Waals surface area contributed by atoms with E-state index in [1.54, 1.807) is 19.2 Å². The molecule has 1 heterocycles. The molecule has 8 nitrogen and oxygen atoms in total. The van der Waals surface area contributed by atoms with Gasteiger partial charge in [0.15, 0.2) is 0 Å². The summed E-state index contributed by atoms with van der Waals surface area (Å²) in [7, 11) is 1.57. The number of carbonyl (C=O) groups is 3. The summed E-state index contributed by atoms with van der Waals surface area (Å²) in [6.45, 7) is 0.100. The van der Waals surface area contributed by atoms with E-state index in [1.807, 2.05) is 97.1 Å². The van der Waals surface area contributed by atoms with Gasteiger partial charge in [0, 0.05) is 25.3 Å². The normalized spacial score (nSPS) is 19.5. The zero-order valence-corrected chi connectivity index (χ0v) is 28.5. The van der Waals surface area contributed by atoms with E-state index in [2.05, 4.69) is 29.6 Å². The number of piperidine rings is 1. The Bertz CT molecular complexity index is 1990. The van der Waals surface area contributed by atoms with Crippen LogP contribution in [0.2, 0.25) is 0 Å². The number of methoxy groups -OCH3 is 1. The maximum absolute atomic E-state index is 15.2. The summed E-state index contributed by atoms with van der Waals surface area (Å²) in [5.41, 5.74) is 3.72. The number of benzene rings is 5. The van der Waals surface area contributed by atoms with Crippen LogP contribution in [0.4, 0.5) is 4.79 Å². The average Bonchev–Trinajstić information content (AvgIpc) is 3.48. The van der Waals surface area contributed by atoms with Gasteiger partial charge in [0.05, 0.1) is 7.11 Å². The van der Waals surface area contributed by atoms with Gasteiger partial charge in [-0.3, -0.25) is 4.79 Å². The molecular formula is C43H40N2O6. The van der Waals surface area contributed by atoms with Crippen LogP contribution in [0.15, 0.2) is 133 Å². The van der Waals surface area contributed by atoms with E-state index < -0.39 is 29.0 Å². The average molecular weight is 681 g/mol. The Morgan fingerprint density at radius 1 is 0.725 bits per heavy atom. The van der Waals surface area contributed by atoms with Crippen molar-refractivity contribution in [2.75, 3.05) is 13.7 Å². The van der Waals surface area contributed by atoms with Gasteiger partial charge < -0.3 is 24.8 Å². The molecular weight excluding hydrogens is 640 g/mol. The molecule has 2 atom stereocenters. The number of hydrogen-bond donors (Lipinski definition) is 2. The summed E-state index contributed by atoms with van der Waals surface area (Å²) < 4.78 is 11.3. The van der Waals surface area contributed by atoms with E-state index in [1.165, 1.54) is 4.90 Å². The van der Waals surface area contributed by atoms with Crippen LogP contribution in [0, 0.1) is 0 Å². The molecule has 258 valence electrons. The fourth-order valence-electron chi connectivity index (χ4n) is 7.77. The fraction of sp³-hybridized carbons (Fsp3) is 0.233. The van der Waals surface area contributed by atoms with Crippen LogP contribution >= 0.6 is 0 Å². The lowest BCUT2D eigenvalue weighted by Crippen LogP contribution is -2.72. The highest BCUT2D eigenvalue weighted by Gasteiger charge is 2.58. The molecule has 0 radical (unpaired) electrons. The topological polar surface area (TPSA) is 105 Å². The summed E-state index contributed by atoms with van der Waals surface area (Å²) in [5.74, 6) is -1.08. The zero-order valence-electron chi connectivity index (χ0n) is 28.5. The van der Waals surface area contributed by atoms with E-state index in [9.17, 15) is 14.7 Å². The Morgan fingerprint density at radius 3 is 1.84 bits per heavy atom. The Morgan fingerprint density at radius 2 is 1.27 bits per heavy atom. The molecule has 0 bridgehead atoms. The van der Waals surface area contributed by atoms with Crippen molar-refractivity contribution in [2.45, 2.75) is 49.2 Å². The number of carboxylic acid groups (broad SMARTS) is 1. The van der Waals surface area contributed by atoms with E-state index in [-0.39, 0.29) is 44.8 Å². The molecule has 0 saturated carbocycles. The van der Waals surface area contributed by atoms with Crippen molar-refractivity contribution in [3.8, 4) is 16.9 Å². The Labute approximate surface area is 297 Å². The van der Waals surface area contributed by atoms with Crippen molar-refractivity contribution in [1.29, 1.82) is 0 Å². The first-order valence-corrected chi connectivity index (χ1v) is 17.2. The summed E-state index contributed by atoms with van der Waals surface area (Å²) in [4.78, 5) is 44.0. The zero-order chi connectivity index (χ0) is 35.4. The first-order chi connectivity index (χ1) is 24.8. The number of nitrogens with zero attached hydrogens (tertiary/aromatic N) is 1. The third kappa shape index (κ3) is 6.57. The largest absolute Gasteiger partial charge is 0.497 e. The second-order valence-electron chi connectivity index (χ2n) is 13.4. The molecule has 2 aliphatic rings. The summed E-state index contributed by atoms with van der Waals surface area (Å²) in [5, 5.41) is 14.0. The van der Waals surface area contributed by atoms with Gasteiger partial charge in [-0.25, -0.2) is 9.59 Å². The van der Waals surface area contributed by atoms with Gasteiger partial charge in [-0.2, -0.15) is 0 Å². The van der Waals surface area contributed by atoms with Crippen LogP contribution in [-0.2, 0) is 33.7 Å². The molecule has 5 aromatic carbocycles. The highest BCUT2D eigenvalue weighted by molar-refractivity contribution is 5.96. The minimum absolute atomic E-state index is 0.0187. The fourth-order valence-corrected chi connectivity index (χ4v) is 7.77. The smallest absolute Gasteiger partial charge is 0.408 e. The first-order valence-electron chi connectivity index (χ1n) is 17.2. The third-order valence-corrected chi connectivity index (χ3v) is 10.4. The van der Waals surface area contributed by atoms with Crippen LogP contribution in [0.5, 0.6) is 5.75 Å². The predicted molar refractivity (Wildman–Crippen MR) is 194 cm³/mol. The molecule has 0 aromatic heterocycles. The van der Waals surface area contributed by atoms with E-state index in [4.69, 9.17) is 9.47 Å². The van der Waals surface area contributed by atoms with Gasteiger partial charge in [-0.05, 0) is 63.9 Å². The van der Waals surface area contributed by atoms with Gasteiger partial charge >= 0.3 is 12.1 Å². The van der Waals surface area contributed by atoms with Gasteiger partial charge in [0.2, 0.25) is 5.91 Å². The monoisotopic (exact) mass is 680 g/mol. The maximum atomic E-state index is 15.2. The molecule has 1 aliphatic heterocycles. The lowest BCUT2D eigenvalue weighted by Gasteiger charge is -2.51. The second kappa shape index (κ2) is 14.2. The second-order valence-corrected chi connectivity index (χ2v) is 13.4. The number of amides is 2. The predicted octanol–water partition coefficient (Wildman–Crippen LogP) is 7.40. The minimum Gasteiger partial charge on any atom is -0.497 e. The lowest BCUT2D eigenvalue weighted by atomic mass is 9.72. The molecule has 1 saturated heterocycles. The number of rotatable bonds is 11. The van der Waals surface area contributed by atoms with E-state index >= 15 is 4.79 Å². The van der Waals surface area contributed by atoms with Crippen LogP contribution < -0.4 is 10.1 Å². The molecule has 0 spiro atoms. The van der Waals surface area contributed by atoms with Crippen molar-refractivity contribution < 1.29 is 29.0 Å². The van der Waals surface area contributed by atoms with Gasteiger partial charge in [0.25, 0.3) is 0 Å². The Hall–Kier alpha value is -5.89. The Balaban J connectivity index is 1.23. The summed E-state index contributed by atoms with van der Waals surface area (Å²) in [6, 6.07) is 42.3. The lowest BCUT2D eigenvalue weighted by molar-refractivity contribution is -0.170. The number of hydrogen-bond acceptors (Lipinski definition) is 5. The molecule has 2 N–H and O–H groups in total. The number of carbonyl (C=O) groups excluding carboxylic acids is 2. The molecule has 0 unspecified atom stereocenters. The minimum atomic E-state index is -1.57. The van der Waals surface area contributed by atoms with Crippen molar-refractivity contribution >= 4 is 18.0 Å². The van der Waals surface area contributed by atoms with Crippen molar-refractivity contribution in [2.24, 2.45) is 0 Å². The van der Waals surface area contributed by atoms with E-state index in [0.717, 1.165) is 38.9 Å². The number of fused-ring (bicyclic) bond motifs is 3. The third-order valence-electron chi connectivity index (χ3n) is 10.4. The van der Waals surface area contributed by atoms with Gasteiger partial charge in [0.1, 0.15) is 23.4 Å². The Kier molecular flexibility index (Phi) is 9.32. The van der Waals surface area contributed by atoms with E-state index in [0.29, 0.717) is 5.75 Å². The van der Waals surface area contributed by atoms with Crippen molar-refractivity contribution in [3.05, 3.63) is 161 Å². The molecule has 7 rings (SSSR count). The quantitative estimate of drug-likeness (QED) is 0.151. The van der Waals surface area contributed by atoms with Crippen LogP contribution in [0.25, 0.3) is 11.1 Å². The number of ether oxygens (including phenoxy) is 2. The first kappa shape index (κ1) is 33.6. The van der Waals surface area contributed by atoms with Gasteiger partial charge in [-0.1, -0.05) is 121 Å². The van der Waals surface area contributed by atoms with Crippen molar-refractivity contribution in [3.63, 3.8) is 0 Å². The molecule has 1 aliphatic carbocycles. The summed E-state index contributed by atoms with van der Waals surface area (Å²) >= 11 is 0. The maximum Gasteiger partial charge on any atom is 0.408 e. The van der Waals surface area contributed by atoms with Crippen LogP contribution in [-0.4, -0.2) is 52.8 Å². The van der Waals surface area contributed by atoms with Gasteiger partial charge in [-0.15, -0.1) is 0 Å². The number of nitrogens with one attached hydrogen (secondary N) is 1. The SMILES string of the molecule is COc1ccc(CN2C(=O)[C@](Cc3ccccc3)(NC(=O)OCC3c4ccccc4-c4ccccc43)CC[C@]2(Cc2ccccc2)C(=O)O)cc1. The number of likely N-dealkylation sites (tertiary alicyclic amines) is 1. The number of carboxylic acids is 1. The molecule has 1 fully saturated rings. The molecule has 2 amide bonds. The molecule has 51 heavy (non-hydrogen) atoms. The summed E-state index contributed by atoms with van der Waals surface area (Å²) in [6.07, 6.45) is -0.246. The molecule has 5 aromatic rings. The van der Waals surface area contributed by atoms with Crippen molar-refractivity contribution in [1.82, 2.24) is 10.2 Å². The standard InChI is InChI=1S/C43H40N2O6/c1-50-33-22-20-32(21-23-33)28-45-39(46)42(26-30-12-4-2-5-13-30,24-25-43(45,40(47)48)27-31-14-6-3-7-15-31)44-41(49)51-29-38-36-18-10-8-16-34(36)35-17-9-11-19-37(35)38/h2-23,38H,24-29H2,1H3,(H,44,49)(H,47,48)/t42-,43-/m0/s1. The van der Waals surface area contributed by atoms with Crippen LogP contribution in [0.3, 0.4) is 0 Å². The highest BCUT2D eigenvalue weighted by Crippen LogP contribution is 2.45. The number of aliphatic carboxylic acids is 1. The van der Waals surface area contributed by atoms with Crippen LogP contribution in [0.1, 0.15) is 46.6 Å².